The standard InChI is InChI=1S/C16H24N2O/c1-12-7-8-14(10-13(12)2)16(19)18-9-5-4-6-15(18)11-17-3/h7-8,10,15,17H,4-6,9,11H2,1-3H3. The molecule has 0 radical (unpaired) electrons. The van der Waals surface area contributed by atoms with Crippen LogP contribution in [-0.2, 0) is 0 Å². The highest BCUT2D eigenvalue weighted by Gasteiger charge is 2.26. The van der Waals surface area contributed by atoms with Crippen LogP contribution in [0.1, 0.15) is 40.7 Å². The fourth-order valence-corrected chi connectivity index (χ4v) is 2.76. The van der Waals surface area contributed by atoms with Crippen molar-refractivity contribution in [3.8, 4) is 0 Å². The third-order valence-corrected chi connectivity index (χ3v) is 4.08. The molecule has 3 heteroatoms. The lowest BCUT2D eigenvalue weighted by Crippen LogP contribution is -2.48. The van der Waals surface area contributed by atoms with Crippen molar-refractivity contribution in [1.82, 2.24) is 10.2 Å². The zero-order valence-corrected chi connectivity index (χ0v) is 12.2. The Morgan fingerprint density at radius 1 is 1.32 bits per heavy atom. The monoisotopic (exact) mass is 260 g/mol. The molecule has 1 aromatic carbocycles. The Kier molecular flexibility index (Phi) is 4.59. The van der Waals surface area contributed by atoms with Crippen molar-refractivity contribution < 1.29 is 4.79 Å². The maximum atomic E-state index is 12.6. The Morgan fingerprint density at radius 3 is 2.79 bits per heavy atom. The van der Waals surface area contributed by atoms with Gasteiger partial charge in [0.15, 0.2) is 0 Å². The lowest BCUT2D eigenvalue weighted by atomic mass is 9.99. The van der Waals surface area contributed by atoms with E-state index in [-0.39, 0.29) is 5.91 Å². The molecule has 1 N–H and O–H groups in total. The molecule has 1 aliphatic rings. The van der Waals surface area contributed by atoms with Gasteiger partial charge in [-0.2, -0.15) is 0 Å². The van der Waals surface area contributed by atoms with Crippen LogP contribution in [-0.4, -0.2) is 37.0 Å². The van der Waals surface area contributed by atoms with Crippen molar-refractivity contribution in [2.24, 2.45) is 0 Å². The van der Waals surface area contributed by atoms with Gasteiger partial charge in [0.1, 0.15) is 0 Å². The molecule has 1 heterocycles. The average molecular weight is 260 g/mol. The fraction of sp³-hybridized carbons (Fsp3) is 0.562. The predicted molar refractivity (Wildman–Crippen MR) is 78.5 cm³/mol. The molecule has 0 spiro atoms. The number of nitrogens with one attached hydrogen (secondary N) is 1. The molecule has 1 unspecified atom stereocenters. The quantitative estimate of drug-likeness (QED) is 0.905. The van der Waals surface area contributed by atoms with Crippen molar-refractivity contribution in [3.63, 3.8) is 0 Å². The second-order valence-electron chi connectivity index (χ2n) is 5.50. The molecule has 1 atom stereocenters. The van der Waals surface area contributed by atoms with Gasteiger partial charge in [-0.15, -0.1) is 0 Å². The number of piperidine rings is 1. The van der Waals surface area contributed by atoms with E-state index >= 15 is 0 Å². The summed E-state index contributed by atoms with van der Waals surface area (Å²) in [6.45, 7) is 5.91. The molecule has 19 heavy (non-hydrogen) atoms. The summed E-state index contributed by atoms with van der Waals surface area (Å²) in [5.41, 5.74) is 3.25. The third kappa shape index (κ3) is 3.16. The van der Waals surface area contributed by atoms with Gasteiger partial charge in [0.2, 0.25) is 0 Å². The number of likely N-dealkylation sites (tertiary alicyclic amines) is 1. The van der Waals surface area contributed by atoms with E-state index in [1.165, 1.54) is 17.5 Å². The van der Waals surface area contributed by atoms with Crippen LogP contribution < -0.4 is 5.32 Å². The zero-order chi connectivity index (χ0) is 13.8. The number of carbonyl (C=O) groups is 1. The zero-order valence-electron chi connectivity index (χ0n) is 12.2. The number of rotatable bonds is 3. The largest absolute Gasteiger partial charge is 0.334 e. The van der Waals surface area contributed by atoms with Crippen LogP contribution >= 0.6 is 0 Å². The van der Waals surface area contributed by atoms with E-state index in [4.69, 9.17) is 0 Å². The fourth-order valence-electron chi connectivity index (χ4n) is 2.76. The first-order valence-electron chi connectivity index (χ1n) is 7.16. The summed E-state index contributed by atoms with van der Waals surface area (Å²) in [5, 5.41) is 3.20. The number of nitrogens with zero attached hydrogens (tertiary/aromatic N) is 1. The van der Waals surface area contributed by atoms with Crippen LogP contribution in [0.25, 0.3) is 0 Å². The van der Waals surface area contributed by atoms with E-state index < -0.39 is 0 Å². The summed E-state index contributed by atoms with van der Waals surface area (Å²) in [4.78, 5) is 14.7. The minimum Gasteiger partial charge on any atom is -0.334 e. The van der Waals surface area contributed by atoms with Crippen LogP contribution in [0.3, 0.4) is 0 Å². The van der Waals surface area contributed by atoms with Gasteiger partial charge in [0.25, 0.3) is 5.91 Å². The van der Waals surface area contributed by atoms with Gasteiger partial charge in [0, 0.05) is 24.7 Å². The Balaban J connectivity index is 2.18. The molecule has 0 aromatic heterocycles. The van der Waals surface area contributed by atoms with Gasteiger partial charge in [-0.1, -0.05) is 6.07 Å². The van der Waals surface area contributed by atoms with E-state index in [2.05, 4.69) is 19.2 Å². The van der Waals surface area contributed by atoms with Gasteiger partial charge >= 0.3 is 0 Å². The van der Waals surface area contributed by atoms with E-state index in [1.807, 2.05) is 30.1 Å². The van der Waals surface area contributed by atoms with Gasteiger partial charge in [-0.05, 0) is 63.4 Å². The minimum absolute atomic E-state index is 0.183. The number of likely N-dealkylation sites (N-methyl/N-ethyl adjacent to an activating group) is 1. The van der Waals surface area contributed by atoms with Crippen LogP contribution in [0, 0.1) is 13.8 Å². The van der Waals surface area contributed by atoms with Gasteiger partial charge < -0.3 is 10.2 Å². The van der Waals surface area contributed by atoms with Crippen molar-refractivity contribution in [2.45, 2.75) is 39.2 Å². The van der Waals surface area contributed by atoms with E-state index in [0.29, 0.717) is 6.04 Å². The summed E-state index contributed by atoms with van der Waals surface area (Å²) in [7, 11) is 1.95. The topological polar surface area (TPSA) is 32.3 Å². The maximum absolute atomic E-state index is 12.6. The summed E-state index contributed by atoms with van der Waals surface area (Å²) < 4.78 is 0. The lowest BCUT2D eigenvalue weighted by Gasteiger charge is -2.36. The van der Waals surface area contributed by atoms with Gasteiger partial charge in [0.05, 0.1) is 0 Å². The molecule has 1 fully saturated rings. The molecule has 1 saturated heterocycles. The molecule has 2 rings (SSSR count). The Labute approximate surface area is 116 Å². The van der Waals surface area contributed by atoms with Crippen molar-refractivity contribution in [1.29, 1.82) is 0 Å². The number of hydrogen-bond acceptors (Lipinski definition) is 2. The Bertz CT molecular complexity index is 454. The average Bonchev–Trinajstić information content (AvgIpc) is 2.42. The molecular weight excluding hydrogens is 236 g/mol. The molecule has 3 nitrogen and oxygen atoms in total. The normalized spacial score (nSPS) is 19.5. The third-order valence-electron chi connectivity index (χ3n) is 4.08. The van der Waals surface area contributed by atoms with Crippen LogP contribution in [0.5, 0.6) is 0 Å². The molecule has 1 amide bonds. The minimum atomic E-state index is 0.183. The second-order valence-corrected chi connectivity index (χ2v) is 5.50. The first kappa shape index (κ1) is 14.1. The molecule has 1 aromatic rings. The molecule has 104 valence electrons. The van der Waals surface area contributed by atoms with Gasteiger partial charge in [-0.25, -0.2) is 0 Å². The molecule has 0 bridgehead atoms. The number of aryl methyl sites for hydroxylation is 2. The predicted octanol–water partition coefficient (Wildman–Crippen LogP) is 2.52. The van der Waals surface area contributed by atoms with E-state index in [1.54, 1.807) is 0 Å². The first-order chi connectivity index (χ1) is 9.13. The highest BCUT2D eigenvalue weighted by atomic mass is 16.2. The van der Waals surface area contributed by atoms with Crippen molar-refractivity contribution in [3.05, 3.63) is 34.9 Å². The Hall–Kier alpha value is -1.35. The summed E-state index contributed by atoms with van der Waals surface area (Å²) >= 11 is 0. The summed E-state index contributed by atoms with van der Waals surface area (Å²) in [6.07, 6.45) is 3.46. The molecule has 0 saturated carbocycles. The van der Waals surface area contributed by atoms with E-state index in [9.17, 15) is 4.79 Å². The Morgan fingerprint density at radius 2 is 2.11 bits per heavy atom. The lowest BCUT2D eigenvalue weighted by molar-refractivity contribution is 0.0615. The maximum Gasteiger partial charge on any atom is 0.254 e. The summed E-state index contributed by atoms with van der Waals surface area (Å²) in [5.74, 6) is 0.183. The number of benzene rings is 1. The molecular formula is C16H24N2O. The number of amides is 1. The van der Waals surface area contributed by atoms with Gasteiger partial charge in [-0.3, -0.25) is 4.79 Å². The highest BCUT2D eigenvalue weighted by molar-refractivity contribution is 5.94. The van der Waals surface area contributed by atoms with Crippen LogP contribution in [0.4, 0.5) is 0 Å². The number of hydrogen-bond donors (Lipinski definition) is 1. The second kappa shape index (κ2) is 6.20. The van der Waals surface area contributed by atoms with Crippen molar-refractivity contribution in [2.75, 3.05) is 20.1 Å². The number of carbonyl (C=O) groups excluding carboxylic acids is 1. The van der Waals surface area contributed by atoms with Crippen molar-refractivity contribution >= 4 is 5.91 Å². The van der Waals surface area contributed by atoms with Crippen LogP contribution in [0.15, 0.2) is 18.2 Å². The molecule has 1 aliphatic heterocycles. The molecule has 0 aliphatic carbocycles. The van der Waals surface area contributed by atoms with Crippen LogP contribution in [0.2, 0.25) is 0 Å². The summed E-state index contributed by atoms with van der Waals surface area (Å²) in [6, 6.07) is 6.35. The first-order valence-corrected chi connectivity index (χ1v) is 7.16. The smallest absolute Gasteiger partial charge is 0.254 e. The highest BCUT2D eigenvalue weighted by Crippen LogP contribution is 2.20. The SMILES string of the molecule is CNCC1CCCCN1C(=O)c1ccc(C)c(C)c1. The van der Waals surface area contributed by atoms with E-state index in [0.717, 1.165) is 31.5 Å².